The van der Waals surface area contributed by atoms with Gasteiger partial charge in [-0.05, 0) is 187 Å². The van der Waals surface area contributed by atoms with Crippen molar-refractivity contribution in [2.45, 2.75) is 41.5 Å². The highest BCUT2D eigenvalue weighted by molar-refractivity contribution is 7.02. The third kappa shape index (κ3) is 6.94. The van der Waals surface area contributed by atoms with Crippen LogP contribution in [0.3, 0.4) is 0 Å². The first kappa shape index (κ1) is 49.9. The molecule has 0 radical (unpaired) electrons. The highest BCUT2D eigenvalue weighted by Gasteiger charge is 2.48. The Morgan fingerprint density at radius 3 is 1.33 bits per heavy atom. The molecule has 0 atom stereocenters. The van der Waals surface area contributed by atoms with Crippen LogP contribution in [0.4, 0.5) is 55.6 Å². The Morgan fingerprint density at radius 1 is 0.322 bits per heavy atom. The van der Waals surface area contributed by atoms with Gasteiger partial charge in [0.25, 0.3) is 13.4 Å². The van der Waals surface area contributed by atoms with Gasteiger partial charge in [-0.25, -0.2) is 4.39 Å². The van der Waals surface area contributed by atoms with Crippen molar-refractivity contribution in [3.05, 3.63) is 270 Å². The first-order valence-corrected chi connectivity index (χ1v) is 30.2. The number of para-hydroxylation sites is 5. The minimum absolute atomic E-state index is 0.228. The molecule has 4 aliphatic rings. The Balaban J connectivity index is 0.951. The zero-order valence-corrected chi connectivity index (χ0v) is 49.1. The molecule has 87 heavy (non-hydrogen) atoms. The second-order valence-electron chi connectivity index (χ2n) is 24.5. The van der Waals surface area contributed by atoms with Crippen LogP contribution in [0, 0.1) is 47.4 Å². The molecule has 0 saturated carbocycles. The van der Waals surface area contributed by atoms with E-state index in [9.17, 15) is 0 Å². The predicted molar refractivity (Wildman–Crippen MR) is 363 cm³/mol. The van der Waals surface area contributed by atoms with E-state index in [1.54, 1.807) is 12.1 Å². The second-order valence-corrected chi connectivity index (χ2v) is 24.5. The van der Waals surface area contributed by atoms with Gasteiger partial charge in [0.2, 0.25) is 0 Å². The summed E-state index contributed by atoms with van der Waals surface area (Å²) in [6.07, 6.45) is 0. The standard InChI is InChI=1S/C78H56B2FN5O/c1-45-29-33-55-57-35-31-47(3)49(5)77(57)84(67(55)37-45)53-39-70-75-71(40-53)86(66-28-18-15-25-63(66)81)69-44-73-62(43-61(69)79(75)59-23-13-16-26-64(59)82(70)51-19-9-7-10-20-51)80-60-24-14-17-27-65(60)83(52-21-11-8-12-22-52)72-41-54(42-74(87-73)76(72)80)85-68-38-46(2)30-34-56(68)58-36-32-48(4)50(6)78(58)85/h7-44H,1-6H3. The van der Waals surface area contributed by atoms with Gasteiger partial charge in [0.05, 0.1) is 39.1 Å². The van der Waals surface area contributed by atoms with Crippen LogP contribution >= 0.6 is 0 Å². The summed E-state index contributed by atoms with van der Waals surface area (Å²) in [6, 6.07) is 83.4. The van der Waals surface area contributed by atoms with Crippen LogP contribution in [0.25, 0.3) is 55.0 Å². The van der Waals surface area contributed by atoms with Crippen molar-refractivity contribution in [2.75, 3.05) is 14.7 Å². The first-order chi connectivity index (χ1) is 42.6. The monoisotopic (exact) mass is 1120 g/mol. The zero-order chi connectivity index (χ0) is 58.2. The van der Waals surface area contributed by atoms with Crippen LogP contribution in [0.15, 0.2) is 231 Å². The van der Waals surface area contributed by atoms with Crippen LogP contribution in [0.2, 0.25) is 0 Å². The maximum absolute atomic E-state index is 17.6. The SMILES string of the molecule is Cc1ccc2c3ccc(C)c(C)c3n(-c3cc4c5c(c3)N(c3ccccc3)c3ccccc3B5c3cc5c(cc3O4)N(c3ccccc3F)c3cc(-n4c6cc(C)ccc6c6ccc(C)c(C)c64)cc4c3B5c3ccccc3N4c3ccccc3)c2c1. The number of halogens is 1. The van der Waals surface area contributed by atoms with E-state index < -0.39 is 0 Å². The van der Waals surface area contributed by atoms with E-state index in [0.717, 1.165) is 107 Å². The van der Waals surface area contributed by atoms with Crippen molar-refractivity contribution < 1.29 is 9.13 Å². The number of hydrogen-bond donors (Lipinski definition) is 0. The van der Waals surface area contributed by atoms with Crippen LogP contribution in [0.1, 0.15) is 33.4 Å². The molecular weight excluding hydrogens is 1060 g/mol. The van der Waals surface area contributed by atoms with Crippen LogP contribution in [-0.4, -0.2) is 22.6 Å². The maximum atomic E-state index is 17.6. The van der Waals surface area contributed by atoms with Crippen LogP contribution in [-0.2, 0) is 0 Å². The fraction of sp³-hybridized carbons (Fsp3) is 0.0769. The topological polar surface area (TPSA) is 28.8 Å². The van der Waals surface area contributed by atoms with Gasteiger partial charge in [-0.3, -0.25) is 0 Å². The fourth-order valence-corrected chi connectivity index (χ4v) is 15.5. The number of rotatable bonds is 5. The molecule has 0 aliphatic carbocycles. The Kier molecular flexibility index (Phi) is 10.5. The molecule has 4 aliphatic heterocycles. The third-order valence-corrected chi connectivity index (χ3v) is 19.6. The van der Waals surface area contributed by atoms with Gasteiger partial charge in [0.1, 0.15) is 17.3 Å². The van der Waals surface area contributed by atoms with E-state index in [0.29, 0.717) is 5.69 Å². The number of aromatic nitrogens is 2. The molecule has 18 rings (SSSR count). The molecule has 412 valence electrons. The second kappa shape index (κ2) is 18.3. The molecule has 0 spiro atoms. The lowest BCUT2D eigenvalue weighted by atomic mass is 9.30. The molecule has 12 aromatic carbocycles. The Bertz CT molecular complexity index is 5340. The largest absolute Gasteiger partial charge is 0.458 e. The van der Waals surface area contributed by atoms with Gasteiger partial charge in [-0.2, -0.15) is 0 Å². The van der Waals surface area contributed by atoms with Gasteiger partial charge in [0, 0.05) is 79.2 Å². The van der Waals surface area contributed by atoms with Gasteiger partial charge >= 0.3 is 0 Å². The van der Waals surface area contributed by atoms with Crippen molar-refractivity contribution in [1.29, 1.82) is 0 Å². The summed E-state index contributed by atoms with van der Waals surface area (Å²) in [5, 5.41) is 4.81. The molecule has 2 aromatic heterocycles. The molecule has 0 unspecified atom stereocenters. The Hall–Kier alpha value is -10.5. The van der Waals surface area contributed by atoms with E-state index >= 15 is 4.39 Å². The van der Waals surface area contributed by atoms with Gasteiger partial charge < -0.3 is 28.6 Å². The summed E-state index contributed by atoms with van der Waals surface area (Å²) in [7, 11) is 0. The average molecular weight is 1120 g/mol. The highest BCUT2D eigenvalue weighted by atomic mass is 19.1. The van der Waals surface area contributed by atoms with Gasteiger partial charge in [-0.1, -0.05) is 140 Å². The molecule has 0 saturated heterocycles. The minimum Gasteiger partial charge on any atom is -0.458 e. The smallest absolute Gasteiger partial charge is 0.256 e. The Labute approximate surface area is 505 Å². The zero-order valence-electron chi connectivity index (χ0n) is 49.1. The van der Waals surface area contributed by atoms with Crippen molar-refractivity contribution in [2.24, 2.45) is 0 Å². The molecule has 9 heteroatoms. The summed E-state index contributed by atoms with van der Waals surface area (Å²) in [5.41, 5.74) is 29.3. The molecule has 0 bridgehead atoms. The van der Waals surface area contributed by atoms with Crippen molar-refractivity contribution in [1.82, 2.24) is 9.13 Å². The minimum atomic E-state index is -0.316. The lowest BCUT2D eigenvalue weighted by Gasteiger charge is -2.45. The van der Waals surface area contributed by atoms with E-state index in [4.69, 9.17) is 4.74 Å². The lowest BCUT2D eigenvalue weighted by molar-refractivity contribution is 0.487. The summed E-state index contributed by atoms with van der Waals surface area (Å²) in [4.78, 5) is 7.08. The number of anilines is 9. The van der Waals surface area contributed by atoms with Gasteiger partial charge in [-0.15, -0.1) is 0 Å². The normalized spacial score (nSPS) is 13.4. The summed E-state index contributed by atoms with van der Waals surface area (Å²) >= 11 is 0. The molecule has 0 N–H and O–H groups in total. The lowest BCUT2D eigenvalue weighted by Crippen LogP contribution is -2.64. The van der Waals surface area contributed by atoms with Crippen molar-refractivity contribution in [3.63, 3.8) is 0 Å². The van der Waals surface area contributed by atoms with E-state index in [2.05, 4.69) is 272 Å². The number of ether oxygens (including phenoxy) is 1. The average Bonchev–Trinajstić information content (AvgIpc) is 1.06. The Morgan fingerprint density at radius 2 is 0.782 bits per heavy atom. The van der Waals surface area contributed by atoms with E-state index in [1.807, 2.05) is 12.1 Å². The summed E-state index contributed by atoms with van der Waals surface area (Å²) in [6.45, 7) is 12.8. The first-order valence-electron chi connectivity index (χ1n) is 30.2. The fourth-order valence-electron chi connectivity index (χ4n) is 15.5. The molecule has 0 fully saturated rings. The molecule has 6 nitrogen and oxygen atoms in total. The quantitative estimate of drug-likeness (QED) is 0.161. The highest BCUT2D eigenvalue weighted by Crippen LogP contribution is 2.50. The third-order valence-electron chi connectivity index (χ3n) is 19.6. The maximum Gasteiger partial charge on any atom is 0.256 e. The van der Waals surface area contributed by atoms with Crippen molar-refractivity contribution in [3.8, 4) is 22.9 Å². The van der Waals surface area contributed by atoms with Crippen molar-refractivity contribution >= 4 is 141 Å². The van der Waals surface area contributed by atoms with Crippen LogP contribution < -0.4 is 52.2 Å². The predicted octanol–water partition coefficient (Wildman–Crippen LogP) is 16.4. The molecule has 6 heterocycles. The van der Waals surface area contributed by atoms with Gasteiger partial charge in [0.15, 0.2) is 0 Å². The number of fused-ring (bicyclic) bond motifs is 14. The number of nitrogens with zero attached hydrogens (tertiary/aromatic N) is 5. The molecule has 14 aromatic rings. The van der Waals surface area contributed by atoms with E-state index in [1.165, 1.54) is 71.4 Å². The van der Waals surface area contributed by atoms with Crippen LogP contribution in [0.5, 0.6) is 11.5 Å². The number of hydrogen-bond acceptors (Lipinski definition) is 4. The molecular formula is C78H56B2FN5O. The molecule has 0 amide bonds. The summed E-state index contributed by atoms with van der Waals surface area (Å²) < 4.78 is 30.3. The summed E-state index contributed by atoms with van der Waals surface area (Å²) in [5.74, 6) is 1.21. The number of aryl methyl sites for hydroxylation is 6. The number of benzene rings is 12. The van der Waals surface area contributed by atoms with E-state index in [-0.39, 0.29) is 19.2 Å².